The second-order valence-electron chi connectivity index (χ2n) is 9.54. The number of nitrogens with one attached hydrogen (secondary N) is 1. The van der Waals surface area contributed by atoms with Crippen LogP contribution < -0.4 is 5.32 Å². The van der Waals surface area contributed by atoms with Gasteiger partial charge >= 0.3 is 0 Å². The first kappa shape index (κ1) is 28.0. The van der Waals surface area contributed by atoms with E-state index in [1.165, 1.54) is 16.4 Å². The van der Waals surface area contributed by atoms with Crippen molar-refractivity contribution in [3.05, 3.63) is 117 Å². The standard InChI is InChI=1S/C29H25Cl2FN4O3S/c1-18(20-6-4-3-5-7-20)33-29(37)27-24-17-35(40(2,38)39)16-21(14-19-8-11-23(32)12-9-19)28(24)36(34-27)26-13-10-22(30)15-25(26)31/h3-15,18H,16-17H2,1-2H3,(H,33,37)/b21-14+. The van der Waals surface area contributed by atoms with E-state index >= 15 is 0 Å². The third kappa shape index (κ3) is 5.83. The highest BCUT2D eigenvalue weighted by atomic mass is 35.5. The number of benzene rings is 3. The first-order valence-electron chi connectivity index (χ1n) is 12.4. The van der Waals surface area contributed by atoms with Crippen molar-refractivity contribution in [3.8, 4) is 5.69 Å². The summed E-state index contributed by atoms with van der Waals surface area (Å²) in [5, 5.41) is 8.38. The number of rotatable bonds is 6. The molecule has 0 aliphatic carbocycles. The van der Waals surface area contributed by atoms with Crippen LogP contribution in [0.1, 0.15) is 45.8 Å². The molecule has 0 saturated heterocycles. The lowest BCUT2D eigenvalue weighted by Crippen LogP contribution is -2.36. The zero-order valence-electron chi connectivity index (χ0n) is 21.6. The summed E-state index contributed by atoms with van der Waals surface area (Å²) in [5.74, 6) is -0.860. The first-order valence-corrected chi connectivity index (χ1v) is 15.0. The largest absolute Gasteiger partial charge is 0.344 e. The zero-order chi connectivity index (χ0) is 28.6. The summed E-state index contributed by atoms with van der Waals surface area (Å²) in [6, 6.07) is 19.9. The van der Waals surface area contributed by atoms with E-state index in [1.807, 2.05) is 37.3 Å². The number of halogens is 3. The summed E-state index contributed by atoms with van der Waals surface area (Å²) >= 11 is 12.7. The molecule has 3 aromatic carbocycles. The van der Waals surface area contributed by atoms with Gasteiger partial charge in [-0.2, -0.15) is 9.40 Å². The molecule has 1 atom stereocenters. The van der Waals surface area contributed by atoms with Crippen molar-refractivity contribution in [1.29, 1.82) is 0 Å². The van der Waals surface area contributed by atoms with Gasteiger partial charge in [0, 0.05) is 23.7 Å². The highest BCUT2D eigenvalue weighted by molar-refractivity contribution is 7.88. The Balaban J connectivity index is 1.70. The minimum Gasteiger partial charge on any atom is -0.344 e. The van der Waals surface area contributed by atoms with Gasteiger partial charge in [-0.15, -0.1) is 0 Å². The summed E-state index contributed by atoms with van der Waals surface area (Å²) in [5.41, 5.74) is 3.61. The van der Waals surface area contributed by atoms with Gasteiger partial charge in [0.2, 0.25) is 10.0 Å². The second kappa shape index (κ2) is 11.2. The van der Waals surface area contributed by atoms with Gasteiger partial charge in [-0.05, 0) is 60.0 Å². The summed E-state index contributed by atoms with van der Waals surface area (Å²) in [4.78, 5) is 13.7. The molecular weight excluding hydrogens is 574 g/mol. The predicted octanol–water partition coefficient (Wildman–Crippen LogP) is 6.13. The number of carbonyl (C=O) groups is 1. The van der Waals surface area contributed by atoms with Crippen LogP contribution in [0.2, 0.25) is 10.0 Å². The number of amides is 1. The Kier molecular flexibility index (Phi) is 7.83. The molecule has 1 unspecified atom stereocenters. The Morgan fingerprint density at radius 2 is 1.75 bits per heavy atom. The quantitative estimate of drug-likeness (QED) is 0.289. The number of sulfonamides is 1. The van der Waals surface area contributed by atoms with Crippen LogP contribution in [0.4, 0.5) is 4.39 Å². The lowest BCUT2D eigenvalue weighted by atomic mass is 9.98. The van der Waals surface area contributed by atoms with E-state index in [0.29, 0.717) is 38.1 Å². The molecule has 1 N–H and O–H groups in total. The van der Waals surface area contributed by atoms with Gasteiger partial charge < -0.3 is 5.32 Å². The molecule has 5 rings (SSSR count). The number of carbonyl (C=O) groups excluding carboxylic acids is 1. The van der Waals surface area contributed by atoms with Gasteiger partial charge in [0.1, 0.15) is 5.82 Å². The van der Waals surface area contributed by atoms with Crippen molar-refractivity contribution >= 4 is 50.8 Å². The van der Waals surface area contributed by atoms with Gasteiger partial charge in [-0.3, -0.25) is 4.79 Å². The van der Waals surface area contributed by atoms with Crippen LogP contribution in [0.25, 0.3) is 17.3 Å². The number of hydrogen-bond donors (Lipinski definition) is 1. The van der Waals surface area contributed by atoms with E-state index in [9.17, 15) is 17.6 Å². The molecule has 0 fully saturated rings. The SMILES string of the molecule is CC(NC(=O)c1nn(-c2ccc(Cl)cc2Cl)c2c1CN(S(C)(=O)=O)C/C2=C\c1ccc(F)cc1)c1ccccc1. The van der Waals surface area contributed by atoms with Crippen molar-refractivity contribution in [2.45, 2.75) is 19.5 Å². The van der Waals surface area contributed by atoms with Gasteiger partial charge in [-0.25, -0.2) is 17.5 Å². The molecule has 40 heavy (non-hydrogen) atoms. The van der Waals surface area contributed by atoms with Crippen molar-refractivity contribution in [1.82, 2.24) is 19.4 Å². The van der Waals surface area contributed by atoms with E-state index in [4.69, 9.17) is 23.2 Å². The summed E-state index contributed by atoms with van der Waals surface area (Å²) in [6.45, 7) is 1.81. The third-order valence-electron chi connectivity index (χ3n) is 6.65. The number of aromatic nitrogens is 2. The number of nitrogens with zero attached hydrogens (tertiary/aromatic N) is 3. The molecule has 0 spiro atoms. The van der Waals surface area contributed by atoms with Crippen molar-refractivity contribution in [2.24, 2.45) is 0 Å². The Labute approximate surface area is 241 Å². The van der Waals surface area contributed by atoms with Gasteiger partial charge in [0.25, 0.3) is 5.91 Å². The molecule has 7 nitrogen and oxygen atoms in total. The minimum atomic E-state index is -3.66. The van der Waals surface area contributed by atoms with E-state index in [-0.39, 0.29) is 24.8 Å². The molecule has 206 valence electrons. The fraction of sp³-hybridized carbons (Fsp3) is 0.172. The molecule has 1 aliphatic rings. The lowest BCUT2D eigenvalue weighted by molar-refractivity contribution is 0.0933. The van der Waals surface area contributed by atoms with Crippen LogP contribution in [0.3, 0.4) is 0 Å². The van der Waals surface area contributed by atoms with Crippen molar-refractivity contribution in [3.63, 3.8) is 0 Å². The van der Waals surface area contributed by atoms with E-state index in [0.717, 1.165) is 11.8 Å². The van der Waals surface area contributed by atoms with E-state index in [2.05, 4.69) is 10.4 Å². The highest BCUT2D eigenvalue weighted by Crippen LogP contribution is 2.36. The number of hydrogen-bond acceptors (Lipinski definition) is 4. The topological polar surface area (TPSA) is 84.3 Å². The fourth-order valence-corrected chi connectivity index (χ4v) is 5.86. The third-order valence-corrected chi connectivity index (χ3v) is 8.38. The Morgan fingerprint density at radius 1 is 1.05 bits per heavy atom. The molecule has 11 heteroatoms. The lowest BCUT2D eigenvalue weighted by Gasteiger charge is -2.28. The fourth-order valence-electron chi connectivity index (χ4n) is 4.64. The molecule has 0 radical (unpaired) electrons. The van der Waals surface area contributed by atoms with Crippen LogP contribution in [0, 0.1) is 5.82 Å². The Hall–Kier alpha value is -3.50. The average Bonchev–Trinajstić information content (AvgIpc) is 3.30. The maximum atomic E-state index is 13.7. The smallest absolute Gasteiger partial charge is 0.272 e. The molecule has 2 heterocycles. The van der Waals surface area contributed by atoms with Crippen molar-refractivity contribution < 1.29 is 17.6 Å². The van der Waals surface area contributed by atoms with Gasteiger partial charge in [0.05, 0.1) is 28.7 Å². The zero-order valence-corrected chi connectivity index (χ0v) is 23.9. The summed E-state index contributed by atoms with van der Waals surface area (Å²) in [7, 11) is -3.66. The van der Waals surface area contributed by atoms with Crippen LogP contribution in [0.5, 0.6) is 0 Å². The number of fused-ring (bicyclic) bond motifs is 1. The van der Waals surface area contributed by atoms with Crippen LogP contribution >= 0.6 is 23.2 Å². The second-order valence-corrected chi connectivity index (χ2v) is 12.4. The van der Waals surface area contributed by atoms with Crippen molar-refractivity contribution in [2.75, 3.05) is 12.8 Å². The van der Waals surface area contributed by atoms with E-state index < -0.39 is 21.7 Å². The Bertz CT molecular complexity index is 1720. The summed E-state index contributed by atoms with van der Waals surface area (Å²) in [6.07, 6.45) is 2.87. The minimum absolute atomic E-state index is 0.0155. The van der Waals surface area contributed by atoms with Crippen LogP contribution in [-0.2, 0) is 16.6 Å². The van der Waals surface area contributed by atoms with Crippen LogP contribution in [-0.4, -0.2) is 41.2 Å². The summed E-state index contributed by atoms with van der Waals surface area (Å²) < 4.78 is 41.9. The molecule has 1 aromatic heterocycles. The average molecular weight is 600 g/mol. The van der Waals surface area contributed by atoms with Crippen LogP contribution in [0.15, 0.2) is 72.8 Å². The normalized spacial score (nSPS) is 15.6. The molecule has 1 amide bonds. The molecular formula is C29H25Cl2FN4O3S. The monoisotopic (exact) mass is 598 g/mol. The molecule has 4 aromatic rings. The van der Waals surface area contributed by atoms with Gasteiger partial charge in [0.15, 0.2) is 5.69 Å². The highest BCUT2D eigenvalue weighted by Gasteiger charge is 2.35. The van der Waals surface area contributed by atoms with Gasteiger partial charge in [-0.1, -0.05) is 65.7 Å². The molecule has 0 saturated carbocycles. The molecule has 1 aliphatic heterocycles. The molecule has 0 bridgehead atoms. The predicted molar refractivity (Wildman–Crippen MR) is 155 cm³/mol. The first-order chi connectivity index (χ1) is 19.0. The maximum absolute atomic E-state index is 13.7. The maximum Gasteiger partial charge on any atom is 0.272 e. The Morgan fingerprint density at radius 3 is 2.40 bits per heavy atom. The van der Waals surface area contributed by atoms with E-state index in [1.54, 1.807) is 41.1 Å².